The Morgan fingerprint density at radius 3 is 2.47 bits per heavy atom. The van der Waals surface area contributed by atoms with E-state index in [4.69, 9.17) is 9.47 Å². The normalized spacial score (nSPS) is 20.8. The maximum absolute atomic E-state index is 10.4. The smallest absolute Gasteiger partial charge is 0.0817 e. The van der Waals surface area contributed by atoms with Crippen molar-refractivity contribution in [3.63, 3.8) is 0 Å². The van der Waals surface area contributed by atoms with E-state index < -0.39 is 5.60 Å². The minimum absolute atomic E-state index is 0.0907. The van der Waals surface area contributed by atoms with Gasteiger partial charge in [-0.25, -0.2) is 0 Å². The molecule has 0 aliphatic carbocycles. The Balaban J connectivity index is 2.31. The second kappa shape index (κ2) is 6.14. The van der Waals surface area contributed by atoms with E-state index in [1.54, 1.807) is 7.11 Å². The van der Waals surface area contributed by atoms with Crippen LogP contribution in [0.15, 0.2) is 0 Å². The van der Waals surface area contributed by atoms with Gasteiger partial charge in [0, 0.05) is 46.3 Å². The molecule has 1 aliphatic rings. The zero-order chi connectivity index (χ0) is 12.9. The molecule has 0 unspecified atom stereocenters. The fourth-order valence-electron chi connectivity index (χ4n) is 2.05. The number of hydrogen-bond donors (Lipinski definition) is 1. The summed E-state index contributed by atoms with van der Waals surface area (Å²) < 4.78 is 10.7. The summed E-state index contributed by atoms with van der Waals surface area (Å²) in [5.74, 6) is 0. The summed E-state index contributed by atoms with van der Waals surface area (Å²) in [6, 6.07) is 0. The number of methoxy groups -OCH3 is 1. The van der Waals surface area contributed by atoms with Crippen LogP contribution in [0.5, 0.6) is 0 Å². The summed E-state index contributed by atoms with van der Waals surface area (Å²) in [6.45, 7) is 7.18. The quantitative estimate of drug-likeness (QED) is 0.765. The highest BCUT2D eigenvalue weighted by Gasteiger charge is 2.31. The van der Waals surface area contributed by atoms with Crippen LogP contribution < -0.4 is 0 Å². The molecule has 102 valence electrons. The highest BCUT2D eigenvalue weighted by atomic mass is 16.5. The second-order valence-electron chi connectivity index (χ2n) is 5.79. The van der Waals surface area contributed by atoms with Crippen molar-refractivity contribution >= 4 is 0 Å². The van der Waals surface area contributed by atoms with Crippen molar-refractivity contribution in [3.8, 4) is 0 Å². The van der Waals surface area contributed by atoms with Gasteiger partial charge < -0.3 is 19.5 Å². The number of rotatable bonds is 6. The van der Waals surface area contributed by atoms with Gasteiger partial charge in [-0.1, -0.05) is 0 Å². The van der Waals surface area contributed by atoms with Crippen LogP contribution in [-0.4, -0.2) is 61.7 Å². The van der Waals surface area contributed by atoms with E-state index >= 15 is 0 Å². The van der Waals surface area contributed by atoms with Gasteiger partial charge in [0.25, 0.3) is 0 Å². The van der Waals surface area contributed by atoms with E-state index in [9.17, 15) is 5.11 Å². The maximum atomic E-state index is 10.4. The Hall–Kier alpha value is -0.160. The van der Waals surface area contributed by atoms with Crippen molar-refractivity contribution in [2.75, 3.05) is 40.5 Å². The van der Waals surface area contributed by atoms with Crippen LogP contribution in [0.4, 0.5) is 0 Å². The molecule has 1 heterocycles. The van der Waals surface area contributed by atoms with Crippen molar-refractivity contribution < 1.29 is 14.6 Å². The van der Waals surface area contributed by atoms with Gasteiger partial charge in [0.2, 0.25) is 0 Å². The highest BCUT2D eigenvalue weighted by Crippen LogP contribution is 2.22. The van der Waals surface area contributed by atoms with Crippen molar-refractivity contribution in [1.82, 2.24) is 4.90 Å². The largest absolute Gasteiger partial charge is 0.388 e. The summed E-state index contributed by atoms with van der Waals surface area (Å²) in [5.41, 5.74) is -0.656. The highest BCUT2D eigenvalue weighted by molar-refractivity contribution is 4.84. The fourth-order valence-corrected chi connectivity index (χ4v) is 2.05. The topological polar surface area (TPSA) is 41.9 Å². The van der Waals surface area contributed by atoms with E-state index in [0.29, 0.717) is 13.2 Å². The van der Waals surface area contributed by atoms with Crippen LogP contribution in [0.3, 0.4) is 0 Å². The van der Waals surface area contributed by atoms with Crippen LogP contribution >= 0.6 is 0 Å². The van der Waals surface area contributed by atoms with Gasteiger partial charge in [0.1, 0.15) is 0 Å². The first-order valence-corrected chi connectivity index (χ1v) is 6.41. The zero-order valence-electron chi connectivity index (χ0n) is 11.7. The minimum atomic E-state index is -0.565. The number of aliphatic hydroxyl groups is 1. The molecule has 17 heavy (non-hydrogen) atoms. The van der Waals surface area contributed by atoms with Crippen LogP contribution in [-0.2, 0) is 9.47 Å². The van der Waals surface area contributed by atoms with Gasteiger partial charge in [-0.15, -0.1) is 0 Å². The van der Waals surface area contributed by atoms with E-state index in [0.717, 1.165) is 32.4 Å². The molecule has 4 heteroatoms. The first-order chi connectivity index (χ1) is 7.87. The Morgan fingerprint density at radius 1 is 1.35 bits per heavy atom. The number of likely N-dealkylation sites (N-methyl/N-ethyl adjacent to an activating group) is 1. The summed E-state index contributed by atoms with van der Waals surface area (Å²) >= 11 is 0. The molecule has 1 saturated heterocycles. The third-order valence-electron chi connectivity index (χ3n) is 3.64. The summed E-state index contributed by atoms with van der Waals surface area (Å²) in [4.78, 5) is 2.19. The van der Waals surface area contributed by atoms with Gasteiger partial charge in [-0.05, 0) is 27.3 Å². The molecule has 0 aromatic heterocycles. The fraction of sp³-hybridized carbons (Fsp3) is 1.00. The molecule has 0 atom stereocenters. The summed E-state index contributed by atoms with van der Waals surface area (Å²) in [7, 11) is 3.80. The predicted molar refractivity (Wildman–Crippen MR) is 68.2 cm³/mol. The minimum Gasteiger partial charge on any atom is -0.388 e. The monoisotopic (exact) mass is 245 g/mol. The molecular weight excluding hydrogens is 218 g/mol. The lowest BCUT2D eigenvalue weighted by atomic mass is 9.93. The van der Waals surface area contributed by atoms with Crippen molar-refractivity contribution in [2.45, 2.75) is 44.3 Å². The lowest BCUT2D eigenvalue weighted by Crippen LogP contribution is -2.46. The number of ether oxygens (including phenoxy) is 2. The second-order valence-corrected chi connectivity index (χ2v) is 5.79. The van der Waals surface area contributed by atoms with E-state index in [-0.39, 0.29) is 5.60 Å². The van der Waals surface area contributed by atoms with E-state index in [1.807, 2.05) is 0 Å². The predicted octanol–water partition coefficient (Wildman–Crippen LogP) is 1.27. The van der Waals surface area contributed by atoms with Crippen LogP contribution in [0, 0.1) is 0 Å². The summed E-state index contributed by atoms with van der Waals surface area (Å²) in [6.07, 6.45) is 2.45. The average Bonchev–Trinajstić information content (AvgIpc) is 2.27. The Bertz CT molecular complexity index is 225. The van der Waals surface area contributed by atoms with E-state index in [2.05, 4.69) is 25.8 Å². The molecule has 0 amide bonds. The van der Waals surface area contributed by atoms with Gasteiger partial charge in [-0.2, -0.15) is 0 Å². The molecule has 1 fully saturated rings. The third-order valence-corrected chi connectivity index (χ3v) is 3.64. The average molecular weight is 245 g/mol. The molecule has 0 saturated carbocycles. The Labute approximate surface area is 105 Å². The lowest BCUT2D eigenvalue weighted by molar-refractivity contribution is -0.0794. The number of nitrogens with zero attached hydrogens (tertiary/aromatic N) is 1. The molecule has 0 spiro atoms. The zero-order valence-corrected chi connectivity index (χ0v) is 11.7. The molecule has 0 radical (unpaired) electrons. The first-order valence-electron chi connectivity index (χ1n) is 6.41. The number of hydrogen-bond acceptors (Lipinski definition) is 4. The molecule has 4 nitrogen and oxygen atoms in total. The maximum Gasteiger partial charge on any atom is 0.0817 e. The van der Waals surface area contributed by atoms with Crippen molar-refractivity contribution in [1.29, 1.82) is 0 Å². The van der Waals surface area contributed by atoms with Crippen LogP contribution in [0.2, 0.25) is 0 Å². The lowest BCUT2D eigenvalue weighted by Gasteiger charge is -2.36. The summed E-state index contributed by atoms with van der Waals surface area (Å²) in [5, 5.41) is 10.4. The SMILES string of the molecule is COC(C)(C)CCN(C)CC1(O)CCOCC1. The Morgan fingerprint density at radius 2 is 1.94 bits per heavy atom. The van der Waals surface area contributed by atoms with Crippen molar-refractivity contribution in [3.05, 3.63) is 0 Å². The van der Waals surface area contributed by atoms with Crippen LogP contribution in [0.25, 0.3) is 0 Å². The van der Waals surface area contributed by atoms with Crippen molar-refractivity contribution in [2.24, 2.45) is 0 Å². The molecule has 0 aromatic carbocycles. The molecule has 0 aromatic rings. The van der Waals surface area contributed by atoms with E-state index in [1.165, 1.54) is 0 Å². The molecule has 0 bridgehead atoms. The first kappa shape index (κ1) is 14.9. The third kappa shape index (κ3) is 5.34. The van der Waals surface area contributed by atoms with Gasteiger partial charge >= 0.3 is 0 Å². The molecule has 1 aliphatic heterocycles. The standard InChI is InChI=1S/C13H27NO3/c1-12(2,16-4)5-8-14(3)11-13(15)6-9-17-10-7-13/h15H,5-11H2,1-4H3. The van der Waals surface area contributed by atoms with Gasteiger partial charge in [0.15, 0.2) is 0 Å². The molecule has 1 rings (SSSR count). The molecule has 1 N–H and O–H groups in total. The Kier molecular flexibility index (Phi) is 5.38. The molecular formula is C13H27NO3. The van der Waals surface area contributed by atoms with Crippen LogP contribution in [0.1, 0.15) is 33.1 Å². The van der Waals surface area contributed by atoms with Gasteiger partial charge in [-0.3, -0.25) is 0 Å². The van der Waals surface area contributed by atoms with Gasteiger partial charge in [0.05, 0.1) is 11.2 Å².